The molecule has 102 valence electrons. The monoisotopic (exact) mass is 284 g/mol. The summed E-state index contributed by atoms with van der Waals surface area (Å²) in [6.45, 7) is 1.02. The van der Waals surface area contributed by atoms with E-state index < -0.39 is 12.7 Å². The van der Waals surface area contributed by atoms with Crippen LogP contribution in [-0.2, 0) is 0 Å². The lowest BCUT2D eigenvalue weighted by atomic mass is 10.1. The third-order valence-corrected chi connectivity index (χ3v) is 3.93. The van der Waals surface area contributed by atoms with Gasteiger partial charge in [0, 0.05) is 9.75 Å². The molecule has 2 rings (SSSR count). The Morgan fingerprint density at radius 2 is 1.95 bits per heavy atom. The lowest BCUT2D eigenvalue weighted by molar-refractivity contribution is -0.0499. The van der Waals surface area contributed by atoms with Gasteiger partial charge in [-0.05, 0) is 43.2 Å². The molecule has 2 aromatic rings. The molecule has 1 heterocycles. The van der Waals surface area contributed by atoms with Crippen LogP contribution in [0.3, 0.4) is 0 Å². The first-order valence-electron chi connectivity index (χ1n) is 5.77. The van der Waals surface area contributed by atoms with E-state index in [1.165, 1.54) is 23.5 Å². The molecule has 0 spiro atoms. The first-order valence-corrected chi connectivity index (χ1v) is 6.59. The Kier molecular flexibility index (Phi) is 4.17. The number of hydrogen-bond donors (Lipinski definition) is 1. The highest BCUT2D eigenvalue weighted by molar-refractivity contribution is 7.12. The fourth-order valence-corrected chi connectivity index (χ4v) is 2.99. The molecule has 1 aromatic heterocycles. The zero-order valence-electron chi connectivity index (χ0n) is 10.6. The van der Waals surface area contributed by atoms with Gasteiger partial charge in [-0.15, -0.1) is 11.3 Å². The van der Waals surface area contributed by atoms with Crippen molar-refractivity contribution >= 4 is 11.3 Å². The summed E-state index contributed by atoms with van der Waals surface area (Å²) in [5, 5.41) is 10.3. The Labute approximate surface area is 114 Å². The number of aliphatic hydroxyl groups excluding tert-OH is 1. The second kappa shape index (κ2) is 5.67. The van der Waals surface area contributed by atoms with Crippen LogP contribution in [0.1, 0.15) is 27.0 Å². The fraction of sp³-hybridized carbons (Fsp3) is 0.286. The van der Waals surface area contributed by atoms with Gasteiger partial charge in [-0.1, -0.05) is 12.1 Å². The van der Waals surface area contributed by atoms with Gasteiger partial charge in [-0.2, -0.15) is 8.78 Å². The average Bonchev–Trinajstić information content (AvgIpc) is 2.67. The van der Waals surface area contributed by atoms with Crippen molar-refractivity contribution in [3.63, 3.8) is 0 Å². The lowest BCUT2D eigenvalue weighted by Crippen LogP contribution is -2.04. The number of ether oxygens (including phenoxy) is 1. The average molecular weight is 284 g/mol. The highest BCUT2D eigenvalue weighted by Gasteiger charge is 2.16. The van der Waals surface area contributed by atoms with E-state index in [0.717, 1.165) is 15.3 Å². The minimum Gasteiger partial charge on any atom is -0.435 e. The molecule has 0 amide bonds. The van der Waals surface area contributed by atoms with Crippen LogP contribution < -0.4 is 4.74 Å². The van der Waals surface area contributed by atoms with Crippen molar-refractivity contribution in [2.24, 2.45) is 0 Å². The molecular formula is C14H14F2O2S. The number of benzene rings is 1. The zero-order valence-corrected chi connectivity index (χ0v) is 11.4. The SMILES string of the molecule is Cc1cc(C)c(C(O)c2cccc(OC(F)F)c2)s1. The standard InChI is InChI=1S/C14H14F2O2S/c1-8-6-9(2)19-13(8)12(17)10-4-3-5-11(7-10)18-14(15)16/h3-7,12,14,17H,1-2H3. The van der Waals surface area contributed by atoms with Gasteiger partial charge in [0.2, 0.25) is 0 Å². The summed E-state index contributed by atoms with van der Waals surface area (Å²) in [6.07, 6.45) is -0.820. The highest BCUT2D eigenvalue weighted by Crippen LogP contribution is 2.33. The van der Waals surface area contributed by atoms with E-state index in [1.807, 2.05) is 19.9 Å². The predicted molar refractivity (Wildman–Crippen MR) is 70.9 cm³/mol. The van der Waals surface area contributed by atoms with Crippen molar-refractivity contribution in [1.29, 1.82) is 0 Å². The minimum absolute atomic E-state index is 0.0532. The number of alkyl halides is 2. The maximum Gasteiger partial charge on any atom is 0.387 e. The first kappa shape index (κ1) is 14.0. The van der Waals surface area contributed by atoms with Crippen LogP contribution in [0.15, 0.2) is 30.3 Å². The third kappa shape index (κ3) is 3.30. The molecule has 1 aromatic carbocycles. The number of aliphatic hydroxyl groups is 1. The van der Waals surface area contributed by atoms with Crippen molar-refractivity contribution < 1.29 is 18.6 Å². The van der Waals surface area contributed by atoms with Crippen molar-refractivity contribution in [2.45, 2.75) is 26.6 Å². The summed E-state index contributed by atoms with van der Waals surface area (Å²) in [7, 11) is 0. The Balaban J connectivity index is 2.28. The van der Waals surface area contributed by atoms with E-state index in [2.05, 4.69) is 4.74 Å². The molecule has 19 heavy (non-hydrogen) atoms. The van der Waals surface area contributed by atoms with E-state index >= 15 is 0 Å². The normalized spacial score (nSPS) is 12.7. The van der Waals surface area contributed by atoms with Crippen molar-refractivity contribution in [3.05, 3.63) is 51.2 Å². The first-order chi connectivity index (χ1) is 8.97. The van der Waals surface area contributed by atoms with Crippen molar-refractivity contribution in [1.82, 2.24) is 0 Å². The summed E-state index contributed by atoms with van der Waals surface area (Å²) in [5.74, 6) is 0.0532. The van der Waals surface area contributed by atoms with Gasteiger partial charge in [0.15, 0.2) is 0 Å². The van der Waals surface area contributed by atoms with E-state index in [9.17, 15) is 13.9 Å². The molecular weight excluding hydrogens is 270 g/mol. The van der Waals surface area contributed by atoms with Crippen LogP contribution in [0, 0.1) is 13.8 Å². The van der Waals surface area contributed by atoms with Gasteiger partial charge in [0.25, 0.3) is 0 Å². The summed E-state index contributed by atoms with van der Waals surface area (Å²) in [6, 6.07) is 8.15. The second-order valence-electron chi connectivity index (χ2n) is 4.26. The van der Waals surface area contributed by atoms with Gasteiger partial charge in [-0.3, -0.25) is 0 Å². The van der Waals surface area contributed by atoms with Gasteiger partial charge >= 0.3 is 6.61 Å². The van der Waals surface area contributed by atoms with Gasteiger partial charge in [-0.25, -0.2) is 0 Å². The van der Waals surface area contributed by atoms with E-state index in [4.69, 9.17) is 0 Å². The molecule has 2 nitrogen and oxygen atoms in total. The van der Waals surface area contributed by atoms with Crippen LogP contribution in [0.2, 0.25) is 0 Å². The Morgan fingerprint density at radius 3 is 2.53 bits per heavy atom. The molecule has 0 bridgehead atoms. The Morgan fingerprint density at radius 1 is 1.21 bits per heavy atom. The van der Waals surface area contributed by atoms with Gasteiger partial charge in [0.1, 0.15) is 11.9 Å². The molecule has 1 N–H and O–H groups in total. The summed E-state index contributed by atoms with van der Waals surface area (Å²) in [4.78, 5) is 1.93. The Bertz CT molecular complexity index is 566. The third-order valence-electron chi connectivity index (χ3n) is 2.73. The summed E-state index contributed by atoms with van der Waals surface area (Å²) < 4.78 is 28.7. The Hall–Kier alpha value is -1.46. The van der Waals surface area contributed by atoms with Gasteiger partial charge in [0.05, 0.1) is 0 Å². The molecule has 0 aliphatic carbocycles. The predicted octanol–water partition coefficient (Wildman–Crippen LogP) is 4.05. The number of hydrogen-bond acceptors (Lipinski definition) is 3. The number of aryl methyl sites for hydroxylation is 2. The number of thiophene rings is 1. The molecule has 0 radical (unpaired) electrons. The number of rotatable bonds is 4. The zero-order chi connectivity index (χ0) is 14.0. The smallest absolute Gasteiger partial charge is 0.387 e. The van der Waals surface area contributed by atoms with E-state index in [-0.39, 0.29) is 5.75 Å². The number of halogens is 2. The van der Waals surface area contributed by atoms with E-state index in [1.54, 1.807) is 12.1 Å². The van der Waals surface area contributed by atoms with Crippen molar-refractivity contribution in [2.75, 3.05) is 0 Å². The summed E-state index contributed by atoms with van der Waals surface area (Å²) in [5.41, 5.74) is 1.54. The quantitative estimate of drug-likeness (QED) is 0.918. The lowest BCUT2D eigenvalue weighted by Gasteiger charge is -2.12. The molecule has 0 fully saturated rings. The fourth-order valence-electron chi connectivity index (χ4n) is 1.94. The largest absolute Gasteiger partial charge is 0.435 e. The molecule has 0 saturated carbocycles. The maximum atomic E-state index is 12.2. The van der Waals surface area contributed by atoms with Crippen LogP contribution in [0.5, 0.6) is 5.75 Å². The topological polar surface area (TPSA) is 29.5 Å². The molecule has 0 aliphatic heterocycles. The molecule has 0 saturated heterocycles. The van der Waals surface area contributed by atoms with Crippen LogP contribution in [0.4, 0.5) is 8.78 Å². The molecule has 1 unspecified atom stereocenters. The van der Waals surface area contributed by atoms with Crippen LogP contribution in [0.25, 0.3) is 0 Å². The highest BCUT2D eigenvalue weighted by atomic mass is 32.1. The molecule has 1 atom stereocenters. The second-order valence-corrected chi connectivity index (χ2v) is 5.55. The van der Waals surface area contributed by atoms with Crippen molar-refractivity contribution in [3.8, 4) is 5.75 Å². The van der Waals surface area contributed by atoms with Crippen LogP contribution in [-0.4, -0.2) is 11.7 Å². The maximum absolute atomic E-state index is 12.2. The van der Waals surface area contributed by atoms with Crippen LogP contribution >= 0.6 is 11.3 Å². The molecule has 0 aliphatic rings. The minimum atomic E-state index is -2.86. The summed E-state index contributed by atoms with van der Waals surface area (Å²) >= 11 is 1.50. The van der Waals surface area contributed by atoms with Gasteiger partial charge < -0.3 is 9.84 Å². The molecule has 5 heteroatoms. The van der Waals surface area contributed by atoms with E-state index in [0.29, 0.717) is 5.56 Å².